The summed E-state index contributed by atoms with van der Waals surface area (Å²) in [5, 5.41) is 2.21. The number of fused-ring (bicyclic) bond motifs is 2. The van der Waals surface area contributed by atoms with Gasteiger partial charge in [-0.05, 0) is 45.4 Å². The second-order valence-electron chi connectivity index (χ2n) is 13.0. The van der Waals surface area contributed by atoms with Crippen LogP contribution in [0.3, 0.4) is 0 Å². The van der Waals surface area contributed by atoms with Gasteiger partial charge in [0.25, 0.3) is 14.2 Å². The molecule has 7 heteroatoms. The molecule has 6 nitrogen and oxygen atoms in total. The average Bonchev–Trinajstić information content (AvgIpc) is 3.48. The average molecular weight is 619 g/mol. The quantitative estimate of drug-likeness (QED) is 0.215. The maximum Gasteiger partial charge on any atom is 0.410 e. The molecule has 2 aliphatic heterocycles. The van der Waals surface area contributed by atoms with E-state index in [0.717, 1.165) is 16.7 Å². The first-order chi connectivity index (χ1) is 21.8. The van der Waals surface area contributed by atoms with Crippen LogP contribution in [-0.4, -0.2) is 61.9 Å². The highest BCUT2D eigenvalue weighted by Crippen LogP contribution is 2.37. The number of ether oxygens (including phenoxy) is 1. The highest BCUT2D eigenvalue weighted by atomic mass is 28.4. The third kappa shape index (κ3) is 6.07. The Hall–Kier alpha value is -4.20. The summed E-state index contributed by atoms with van der Waals surface area (Å²) in [6, 6.07) is 38.4. The van der Waals surface area contributed by atoms with Crippen LogP contribution in [0.5, 0.6) is 0 Å². The van der Waals surface area contributed by atoms with Gasteiger partial charge in [0.15, 0.2) is 0 Å². The lowest BCUT2D eigenvalue weighted by Crippen LogP contribution is -2.67. The van der Waals surface area contributed by atoms with Crippen LogP contribution in [0.15, 0.2) is 115 Å². The predicted octanol–water partition coefficient (Wildman–Crippen LogP) is 6.04. The molecule has 2 heterocycles. The van der Waals surface area contributed by atoms with Gasteiger partial charge in [0, 0.05) is 18.7 Å². The van der Waals surface area contributed by atoms with E-state index in [1.54, 1.807) is 0 Å². The molecule has 1 saturated heterocycles. The fourth-order valence-electron chi connectivity index (χ4n) is 7.24. The summed E-state index contributed by atoms with van der Waals surface area (Å²) in [4.78, 5) is 31.2. The standard InChI is InChI=1S/C38H42N2O4Si/c1-38(2,3)45(31-18-9-5-10-19-31,32-20-11-6-12-21-32)44-26-25-40(37(42)43-28-29-15-7-4-8-16-29)34-23-24-39-35(34)27-30-17-13-14-22-33(30)36(39)41/h4-22,34-35H,23-28H2,1-3H3/t34-,35+/m0/s1. The Morgan fingerprint density at radius 2 is 1.42 bits per heavy atom. The maximum atomic E-state index is 14.0. The van der Waals surface area contributed by atoms with E-state index in [1.165, 1.54) is 10.4 Å². The second-order valence-corrected chi connectivity index (χ2v) is 17.3. The van der Waals surface area contributed by atoms with Crippen LogP contribution in [0, 0.1) is 0 Å². The number of hydrogen-bond donors (Lipinski definition) is 0. The van der Waals surface area contributed by atoms with Crippen molar-refractivity contribution in [3.8, 4) is 0 Å². The molecule has 1 fully saturated rings. The van der Waals surface area contributed by atoms with Crippen molar-refractivity contribution in [2.45, 2.75) is 57.3 Å². The van der Waals surface area contributed by atoms with E-state index >= 15 is 0 Å². The lowest BCUT2D eigenvalue weighted by Gasteiger charge is -2.44. The van der Waals surface area contributed by atoms with Gasteiger partial charge in [-0.3, -0.25) is 4.79 Å². The van der Waals surface area contributed by atoms with Crippen LogP contribution < -0.4 is 10.4 Å². The lowest BCUT2D eigenvalue weighted by molar-refractivity contribution is 0.0528. The van der Waals surface area contributed by atoms with Gasteiger partial charge >= 0.3 is 6.09 Å². The first-order valence-corrected chi connectivity index (χ1v) is 17.8. The number of rotatable bonds is 9. The third-order valence-corrected chi connectivity index (χ3v) is 14.4. The van der Waals surface area contributed by atoms with Crippen LogP contribution in [0.4, 0.5) is 4.79 Å². The van der Waals surface area contributed by atoms with E-state index in [9.17, 15) is 9.59 Å². The molecule has 0 radical (unpaired) electrons. The van der Waals surface area contributed by atoms with Crippen molar-refractivity contribution in [3.05, 3.63) is 132 Å². The summed E-state index contributed by atoms with van der Waals surface area (Å²) >= 11 is 0. The number of amides is 2. The molecule has 4 aromatic rings. The molecule has 0 bridgehead atoms. The van der Waals surface area contributed by atoms with Crippen molar-refractivity contribution in [2.75, 3.05) is 19.7 Å². The topological polar surface area (TPSA) is 59.1 Å². The molecule has 45 heavy (non-hydrogen) atoms. The molecule has 0 spiro atoms. The van der Waals surface area contributed by atoms with E-state index in [2.05, 4.69) is 69.3 Å². The number of nitrogens with zero attached hydrogens (tertiary/aromatic N) is 2. The van der Waals surface area contributed by atoms with Crippen molar-refractivity contribution >= 4 is 30.7 Å². The monoisotopic (exact) mass is 618 g/mol. The van der Waals surface area contributed by atoms with Crippen LogP contribution in [0.25, 0.3) is 0 Å². The zero-order valence-electron chi connectivity index (χ0n) is 26.4. The summed E-state index contributed by atoms with van der Waals surface area (Å²) in [6.45, 7) is 8.28. The van der Waals surface area contributed by atoms with Crippen LogP contribution in [0.2, 0.25) is 5.04 Å². The molecule has 0 N–H and O–H groups in total. The lowest BCUT2D eigenvalue weighted by atomic mass is 9.91. The smallest absolute Gasteiger partial charge is 0.410 e. The van der Waals surface area contributed by atoms with E-state index < -0.39 is 8.32 Å². The molecule has 2 amide bonds. The molecule has 4 aromatic carbocycles. The minimum absolute atomic E-state index is 0.0468. The Bertz CT molecular complexity index is 1570. The molecule has 6 rings (SSSR count). The Balaban J connectivity index is 1.30. The van der Waals surface area contributed by atoms with Crippen molar-refractivity contribution in [1.29, 1.82) is 0 Å². The van der Waals surface area contributed by atoms with Crippen molar-refractivity contribution in [1.82, 2.24) is 9.80 Å². The largest absolute Gasteiger partial charge is 0.445 e. The van der Waals surface area contributed by atoms with Gasteiger partial charge in [-0.1, -0.05) is 130 Å². The molecule has 232 valence electrons. The first-order valence-electron chi connectivity index (χ1n) is 15.9. The van der Waals surface area contributed by atoms with Gasteiger partial charge < -0.3 is 19.0 Å². The minimum Gasteiger partial charge on any atom is -0.445 e. The zero-order chi connectivity index (χ0) is 31.4. The molecule has 2 atom stereocenters. The number of carbonyl (C=O) groups excluding carboxylic acids is 2. The Morgan fingerprint density at radius 3 is 2.04 bits per heavy atom. The molecular weight excluding hydrogens is 577 g/mol. The summed E-state index contributed by atoms with van der Waals surface area (Å²) in [5.41, 5.74) is 2.74. The van der Waals surface area contributed by atoms with Gasteiger partial charge in [0.1, 0.15) is 6.61 Å². The first kappa shape index (κ1) is 30.8. The van der Waals surface area contributed by atoms with Gasteiger partial charge in [-0.15, -0.1) is 0 Å². The second kappa shape index (κ2) is 13.0. The van der Waals surface area contributed by atoms with Gasteiger partial charge in [-0.2, -0.15) is 0 Å². The van der Waals surface area contributed by atoms with E-state index in [4.69, 9.17) is 9.16 Å². The zero-order valence-corrected chi connectivity index (χ0v) is 27.4. The molecule has 0 aromatic heterocycles. The summed E-state index contributed by atoms with van der Waals surface area (Å²) in [5.74, 6) is 0.0468. The Kier molecular flexibility index (Phi) is 8.92. The van der Waals surface area contributed by atoms with Gasteiger partial charge in [0.05, 0.1) is 18.7 Å². The van der Waals surface area contributed by atoms with Crippen LogP contribution in [0.1, 0.15) is 48.7 Å². The highest BCUT2D eigenvalue weighted by Gasteiger charge is 2.51. The SMILES string of the molecule is CC(C)(C)[Si](OCCN(C(=O)OCc1ccccc1)[C@H]1CCN2C(=O)c3ccccc3C[C@H]12)(c1ccccc1)c1ccccc1. The van der Waals surface area contributed by atoms with E-state index in [0.29, 0.717) is 32.5 Å². The fourth-order valence-corrected chi connectivity index (χ4v) is 11.8. The Morgan fingerprint density at radius 1 is 0.844 bits per heavy atom. The summed E-state index contributed by atoms with van der Waals surface area (Å²) in [7, 11) is -2.80. The Labute approximate surface area is 267 Å². The van der Waals surface area contributed by atoms with Crippen molar-refractivity contribution in [2.24, 2.45) is 0 Å². The van der Waals surface area contributed by atoms with Crippen molar-refractivity contribution in [3.63, 3.8) is 0 Å². The minimum atomic E-state index is -2.80. The predicted molar refractivity (Wildman–Crippen MR) is 180 cm³/mol. The number of benzene rings is 4. The van der Waals surface area contributed by atoms with Crippen LogP contribution in [-0.2, 0) is 22.2 Å². The summed E-state index contributed by atoms with van der Waals surface area (Å²) < 4.78 is 13.1. The van der Waals surface area contributed by atoms with E-state index in [-0.39, 0.29) is 35.7 Å². The number of hydrogen-bond acceptors (Lipinski definition) is 4. The van der Waals surface area contributed by atoms with Gasteiger partial charge in [0.2, 0.25) is 0 Å². The molecule has 2 aliphatic rings. The highest BCUT2D eigenvalue weighted by molar-refractivity contribution is 6.99. The third-order valence-electron chi connectivity index (χ3n) is 9.36. The number of carbonyl (C=O) groups is 2. The normalized spacial score (nSPS) is 17.8. The molecule has 0 saturated carbocycles. The fraction of sp³-hybridized carbons (Fsp3) is 0.316. The molecule has 0 unspecified atom stereocenters. The maximum absolute atomic E-state index is 14.0. The molecular formula is C38H42N2O4Si. The van der Waals surface area contributed by atoms with Crippen LogP contribution >= 0.6 is 0 Å². The summed E-state index contributed by atoms with van der Waals surface area (Å²) in [6.07, 6.45) is 1.04. The molecule has 0 aliphatic carbocycles. The van der Waals surface area contributed by atoms with Gasteiger partial charge in [-0.25, -0.2) is 4.79 Å². The van der Waals surface area contributed by atoms with Crippen molar-refractivity contribution < 1.29 is 18.8 Å². The van der Waals surface area contributed by atoms with E-state index in [1.807, 2.05) is 76.5 Å².